The number of hydrogen-bond donors (Lipinski definition) is 1. The zero-order valence-corrected chi connectivity index (χ0v) is 12.0. The standard InChI is InChI=1S/C15H25NO3/c1-3-12-7-4-6-11(2)16(12)13(17)10-15(14(18)19)8-5-9-15/h11-12H,3-10H2,1-2H3,(H,18,19)/t11-,12+/m0/s1. The first-order valence-corrected chi connectivity index (χ1v) is 7.55. The molecular weight excluding hydrogens is 242 g/mol. The molecule has 4 nitrogen and oxygen atoms in total. The SMILES string of the molecule is CC[C@@H]1CCC[C@H](C)N1C(=O)CC1(C(=O)O)CCC1. The molecule has 0 bridgehead atoms. The van der Waals surface area contributed by atoms with Crippen LogP contribution < -0.4 is 0 Å². The highest BCUT2D eigenvalue weighted by Crippen LogP contribution is 2.45. The number of rotatable bonds is 4. The van der Waals surface area contributed by atoms with Crippen LogP contribution in [0.1, 0.15) is 65.2 Å². The Morgan fingerprint density at radius 3 is 2.42 bits per heavy atom. The van der Waals surface area contributed by atoms with E-state index in [0.717, 1.165) is 25.7 Å². The molecule has 0 aromatic heterocycles. The van der Waals surface area contributed by atoms with Gasteiger partial charge >= 0.3 is 5.97 Å². The van der Waals surface area contributed by atoms with Gasteiger partial charge in [0.05, 0.1) is 5.41 Å². The summed E-state index contributed by atoms with van der Waals surface area (Å²) < 4.78 is 0. The summed E-state index contributed by atoms with van der Waals surface area (Å²) >= 11 is 0. The molecule has 1 aliphatic heterocycles. The van der Waals surface area contributed by atoms with Gasteiger partial charge in [-0.2, -0.15) is 0 Å². The van der Waals surface area contributed by atoms with E-state index in [1.807, 2.05) is 4.90 Å². The molecule has 0 unspecified atom stereocenters. The monoisotopic (exact) mass is 267 g/mol. The maximum atomic E-state index is 12.6. The molecule has 0 spiro atoms. The van der Waals surface area contributed by atoms with Crippen molar-refractivity contribution >= 4 is 11.9 Å². The lowest BCUT2D eigenvalue weighted by Gasteiger charge is -2.44. The molecule has 2 aliphatic rings. The molecule has 2 atom stereocenters. The van der Waals surface area contributed by atoms with Crippen LogP contribution in [0, 0.1) is 5.41 Å². The van der Waals surface area contributed by atoms with E-state index >= 15 is 0 Å². The molecule has 0 aromatic rings. The van der Waals surface area contributed by atoms with Crippen LogP contribution in [0.15, 0.2) is 0 Å². The molecule has 2 rings (SSSR count). The fraction of sp³-hybridized carbons (Fsp3) is 0.867. The Kier molecular flexibility index (Phi) is 4.16. The molecule has 1 amide bonds. The summed E-state index contributed by atoms with van der Waals surface area (Å²) in [5.41, 5.74) is -0.757. The maximum Gasteiger partial charge on any atom is 0.310 e. The molecule has 108 valence electrons. The van der Waals surface area contributed by atoms with Crippen LogP contribution in [-0.4, -0.2) is 34.0 Å². The van der Waals surface area contributed by atoms with E-state index in [4.69, 9.17) is 0 Å². The van der Waals surface area contributed by atoms with Crippen LogP contribution >= 0.6 is 0 Å². The molecule has 1 aliphatic carbocycles. The van der Waals surface area contributed by atoms with E-state index in [1.54, 1.807) is 0 Å². The minimum atomic E-state index is -0.787. The van der Waals surface area contributed by atoms with Crippen LogP contribution in [0.5, 0.6) is 0 Å². The lowest BCUT2D eigenvalue weighted by Crippen LogP contribution is -2.51. The van der Waals surface area contributed by atoms with Crippen molar-refractivity contribution in [3.8, 4) is 0 Å². The topological polar surface area (TPSA) is 57.6 Å². The molecule has 1 saturated heterocycles. The summed E-state index contributed by atoms with van der Waals surface area (Å²) in [6.07, 6.45) is 6.70. The number of hydrogen-bond acceptors (Lipinski definition) is 2. The van der Waals surface area contributed by atoms with Gasteiger partial charge in [0.15, 0.2) is 0 Å². The van der Waals surface area contributed by atoms with E-state index in [1.165, 1.54) is 6.42 Å². The zero-order chi connectivity index (χ0) is 14.0. The summed E-state index contributed by atoms with van der Waals surface area (Å²) in [5, 5.41) is 9.35. The fourth-order valence-electron chi connectivity index (χ4n) is 3.59. The van der Waals surface area contributed by atoms with E-state index < -0.39 is 11.4 Å². The predicted octanol–water partition coefficient (Wildman–Crippen LogP) is 2.81. The van der Waals surface area contributed by atoms with Crippen molar-refractivity contribution < 1.29 is 14.7 Å². The minimum absolute atomic E-state index is 0.0566. The number of piperidine rings is 1. The predicted molar refractivity (Wildman–Crippen MR) is 72.8 cm³/mol. The minimum Gasteiger partial charge on any atom is -0.481 e. The fourth-order valence-corrected chi connectivity index (χ4v) is 3.59. The van der Waals surface area contributed by atoms with Crippen LogP contribution in [0.25, 0.3) is 0 Å². The summed E-state index contributed by atoms with van der Waals surface area (Å²) in [6.45, 7) is 4.20. The first-order chi connectivity index (χ1) is 9.00. The molecule has 1 heterocycles. The van der Waals surface area contributed by atoms with Gasteiger partial charge in [0.2, 0.25) is 5.91 Å². The van der Waals surface area contributed by atoms with E-state index in [9.17, 15) is 14.7 Å². The number of likely N-dealkylation sites (tertiary alicyclic amines) is 1. The quantitative estimate of drug-likeness (QED) is 0.852. The van der Waals surface area contributed by atoms with Crippen molar-refractivity contribution in [3.63, 3.8) is 0 Å². The van der Waals surface area contributed by atoms with Gasteiger partial charge in [-0.3, -0.25) is 9.59 Å². The number of aliphatic carboxylic acids is 1. The lowest BCUT2D eigenvalue weighted by atomic mass is 9.66. The van der Waals surface area contributed by atoms with E-state index in [2.05, 4.69) is 13.8 Å². The van der Waals surface area contributed by atoms with Gasteiger partial charge in [-0.15, -0.1) is 0 Å². The van der Waals surface area contributed by atoms with Gasteiger partial charge in [0.1, 0.15) is 0 Å². The van der Waals surface area contributed by atoms with E-state index in [0.29, 0.717) is 18.9 Å². The highest BCUT2D eigenvalue weighted by atomic mass is 16.4. The van der Waals surface area contributed by atoms with Crippen LogP contribution in [0.2, 0.25) is 0 Å². The number of carbonyl (C=O) groups excluding carboxylic acids is 1. The van der Waals surface area contributed by atoms with Gasteiger partial charge in [0, 0.05) is 18.5 Å². The second kappa shape index (κ2) is 5.51. The first kappa shape index (κ1) is 14.4. The molecule has 1 N–H and O–H groups in total. The molecule has 0 radical (unpaired) electrons. The Bertz CT molecular complexity index is 362. The third kappa shape index (κ3) is 2.63. The lowest BCUT2D eigenvalue weighted by molar-refractivity contribution is -0.161. The number of nitrogens with zero attached hydrogens (tertiary/aromatic N) is 1. The molecule has 4 heteroatoms. The van der Waals surface area contributed by atoms with Gasteiger partial charge < -0.3 is 10.0 Å². The van der Waals surface area contributed by atoms with Crippen LogP contribution in [0.4, 0.5) is 0 Å². The highest BCUT2D eigenvalue weighted by molar-refractivity contribution is 5.86. The van der Waals surface area contributed by atoms with Crippen molar-refractivity contribution in [3.05, 3.63) is 0 Å². The smallest absolute Gasteiger partial charge is 0.310 e. The number of carboxylic acid groups (broad SMARTS) is 1. The second-order valence-corrected chi connectivity index (χ2v) is 6.26. The normalized spacial score (nSPS) is 29.7. The largest absolute Gasteiger partial charge is 0.481 e. The van der Waals surface area contributed by atoms with Crippen molar-refractivity contribution in [2.24, 2.45) is 5.41 Å². The van der Waals surface area contributed by atoms with E-state index in [-0.39, 0.29) is 18.4 Å². The summed E-state index contributed by atoms with van der Waals surface area (Å²) in [4.78, 5) is 25.9. The van der Waals surface area contributed by atoms with Crippen molar-refractivity contribution in [1.82, 2.24) is 4.90 Å². The average Bonchev–Trinajstić information content (AvgIpc) is 2.32. The molecule has 2 fully saturated rings. The molecular formula is C15H25NO3. The Hall–Kier alpha value is -1.06. The number of amides is 1. The second-order valence-electron chi connectivity index (χ2n) is 6.26. The Morgan fingerprint density at radius 1 is 1.26 bits per heavy atom. The summed E-state index contributed by atoms with van der Waals surface area (Å²) in [5.74, 6) is -0.731. The Balaban J connectivity index is 2.07. The number of carboxylic acids is 1. The average molecular weight is 267 g/mol. The van der Waals surface area contributed by atoms with Gasteiger partial charge in [-0.1, -0.05) is 13.3 Å². The first-order valence-electron chi connectivity index (χ1n) is 7.55. The Morgan fingerprint density at radius 2 is 1.95 bits per heavy atom. The van der Waals surface area contributed by atoms with Crippen molar-refractivity contribution in [1.29, 1.82) is 0 Å². The maximum absolute atomic E-state index is 12.6. The molecule has 19 heavy (non-hydrogen) atoms. The Labute approximate surface area is 115 Å². The number of carbonyl (C=O) groups is 2. The third-order valence-corrected chi connectivity index (χ3v) is 5.04. The zero-order valence-electron chi connectivity index (χ0n) is 12.0. The summed E-state index contributed by atoms with van der Waals surface area (Å²) in [7, 11) is 0. The molecule has 0 aromatic carbocycles. The van der Waals surface area contributed by atoms with Crippen LogP contribution in [-0.2, 0) is 9.59 Å². The highest BCUT2D eigenvalue weighted by Gasteiger charge is 2.47. The summed E-state index contributed by atoms with van der Waals surface area (Å²) in [6, 6.07) is 0.569. The third-order valence-electron chi connectivity index (χ3n) is 5.04. The van der Waals surface area contributed by atoms with Gasteiger partial charge in [0.25, 0.3) is 0 Å². The van der Waals surface area contributed by atoms with Crippen LogP contribution in [0.3, 0.4) is 0 Å². The van der Waals surface area contributed by atoms with Crippen molar-refractivity contribution in [2.45, 2.75) is 77.3 Å². The van der Waals surface area contributed by atoms with Gasteiger partial charge in [-0.05, 0) is 45.4 Å². The van der Waals surface area contributed by atoms with Gasteiger partial charge in [-0.25, -0.2) is 0 Å². The molecule has 1 saturated carbocycles. The van der Waals surface area contributed by atoms with Crippen molar-refractivity contribution in [2.75, 3.05) is 0 Å².